The molecule has 3 aromatic rings. The molecule has 3 heterocycles. The zero-order valence-electron chi connectivity index (χ0n) is 16.0. The largest absolute Gasteiger partial charge is 0.493 e. The van der Waals surface area contributed by atoms with Gasteiger partial charge in [-0.25, -0.2) is 4.98 Å². The number of fused-ring (bicyclic) bond motifs is 2. The molecule has 148 valence electrons. The van der Waals surface area contributed by atoms with Crippen LogP contribution < -0.4 is 14.2 Å². The Hall–Kier alpha value is -2.45. The highest BCUT2D eigenvalue weighted by molar-refractivity contribution is 7.98. The van der Waals surface area contributed by atoms with Crippen LogP contribution in [0.15, 0.2) is 29.6 Å². The molecule has 0 fully saturated rings. The van der Waals surface area contributed by atoms with E-state index in [1.165, 1.54) is 0 Å². The minimum atomic E-state index is 0.569. The Morgan fingerprint density at radius 2 is 2.00 bits per heavy atom. The van der Waals surface area contributed by atoms with E-state index in [1.807, 2.05) is 25.1 Å². The molecule has 1 aromatic carbocycles. The lowest BCUT2D eigenvalue weighted by atomic mass is 10.2. The standard InChI is InChI=1S/C20H23N3O4S/c1-13-16(21-5-4-17(13)25-7-3-6-24-2)12-28-20-22-14-10-18-19(11-15(14)23-20)27-9-8-26-18/h4-5,10-11H,3,6-9,12H2,1-2H3,(H,22,23). The molecule has 0 saturated carbocycles. The quantitative estimate of drug-likeness (QED) is 0.455. The van der Waals surface area contributed by atoms with Crippen LogP contribution >= 0.6 is 11.8 Å². The maximum atomic E-state index is 5.86. The van der Waals surface area contributed by atoms with Crippen molar-refractivity contribution < 1.29 is 18.9 Å². The lowest BCUT2D eigenvalue weighted by Gasteiger charge is -2.17. The van der Waals surface area contributed by atoms with E-state index in [2.05, 4.69) is 15.0 Å². The van der Waals surface area contributed by atoms with Crippen molar-refractivity contribution in [2.75, 3.05) is 33.5 Å². The number of methoxy groups -OCH3 is 1. The molecular weight excluding hydrogens is 378 g/mol. The van der Waals surface area contributed by atoms with Crippen molar-refractivity contribution in [2.24, 2.45) is 0 Å². The number of aromatic amines is 1. The fraction of sp³-hybridized carbons (Fsp3) is 0.400. The molecule has 0 amide bonds. The van der Waals surface area contributed by atoms with Gasteiger partial charge in [-0.05, 0) is 13.0 Å². The lowest BCUT2D eigenvalue weighted by molar-refractivity contribution is 0.172. The molecule has 7 nitrogen and oxygen atoms in total. The predicted molar refractivity (Wildman–Crippen MR) is 108 cm³/mol. The van der Waals surface area contributed by atoms with Gasteiger partial charge in [0, 0.05) is 49.8 Å². The summed E-state index contributed by atoms with van der Waals surface area (Å²) in [4.78, 5) is 12.5. The minimum absolute atomic E-state index is 0.569. The molecule has 0 spiro atoms. The fourth-order valence-electron chi connectivity index (χ4n) is 2.97. The predicted octanol–water partition coefficient (Wildman–Crippen LogP) is 3.75. The van der Waals surface area contributed by atoms with Crippen LogP contribution in [0.5, 0.6) is 17.2 Å². The summed E-state index contributed by atoms with van der Waals surface area (Å²) < 4.78 is 22.2. The van der Waals surface area contributed by atoms with E-state index in [-0.39, 0.29) is 0 Å². The molecule has 8 heteroatoms. The summed E-state index contributed by atoms with van der Waals surface area (Å²) in [6.45, 7) is 4.50. The number of imidazole rings is 1. The van der Waals surface area contributed by atoms with Gasteiger partial charge < -0.3 is 23.9 Å². The van der Waals surface area contributed by atoms with Crippen LogP contribution in [0.2, 0.25) is 0 Å². The van der Waals surface area contributed by atoms with Crippen LogP contribution in [0.25, 0.3) is 11.0 Å². The Labute approximate surface area is 167 Å². The van der Waals surface area contributed by atoms with Gasteiger partial charge in [0.25, 0.3) is 0 Å². The number of benzene rings is 1. The Kier molecular flexibility index (Phi) is 5.87. The zero-order chi connectivity index (χ0) is 19.3. The molecule has 1 aliphatic rings. The second-order valence-corrected chi connectivity index (χ2v) is 7.38. The molecule has 0 radical (unpaired) electrons. The number of rotatable bonds is 8. The zero-order valence-corrected chi connectivity index (χ0v) is 16.8. The van der Waals surface area contributed by atoms with Gasteiger partial charge in [0.2, 0.25) is 0 Å². The van der Waals surface area contributed by atoms with Crippen LogP contribution in [-0.2, 0) is 10.5 Å². The number of hydrogen-bond donors (Lipinski definition) is 1. The van der Waals surface area contributed by atoms with E-state index < -0.39 is 0 Å². The van der Waals surface area contributed by atoms with Crippen molar-refractivity contribution in [3.05, 3.63) is 35.7 Å². The summed E-state index contributed by atoms with van der Waals surface area (Å²) in [5, 5.41) is 0.838. The number of hydrogen-bond acceptors (Lipinski definition) is 7. The number of aromatic nitrogens is 3. The third-order valence-corrected chi connectivity index (χ3v) is 5.36. The Bertz CT molecular complexity index is 917. The van der Waals surface area contributed by atoms with Gasteiger partial charge in [-0.1, -0.05) is 11.8 Å². The summed E-state index contributed by atoms with van der Waals surface area (Å²) in [5.41, 5.74) is 3.85. The van der Waals surface area contributed by atoms with E-state index in [1.54, 1.807) is 25.1 Å². The summed E-state index contributed by atoms with van der Waals surface area (Å²) in [6, 6.07) is 5.77. The summed E-state index contributed by atoms with van der Waals surface area (Å²) in [6.07, 6.45) is 2.65. The van der Waals surface area contributed by atoms with E-state index in [0.29, 0.717) is 32.2 Å². The van der Waals surface area contributed by atoms with Crippen LogP contribution in [0.4, 0.5) is 0 Å². The lowest BCUT2D eigenvalue weighted by Crippen LogP contribution is -2.15. The summed E-state index contributed by atoms with van der Waals surface area (Å²) in [7, 11) is 1.69. The van der Waals surface area contributed by atoms with Crippen molar-refractivity contribution in [1.82, 2.24) is 15.0 Å². The van der Waals surface area contributed by atoms with Crippen molar-refractivity contribution in [3.8, 4) is 17.2 Å². The second-order valence-electron chi connectivity index (χ2n) is 6.42. The number of H-pyrrole nitrogens is 1. The fourth-order valence-corrected chi connectivity index (χ4v) is 3.88. The molecule has 0 saturated heterocycles. The maximum Gasteiger partial charge on any atom is 0.166 e. The van der Waals surface area contributed by atoms with Gasteiger partial charge in [-0.3, -0.25) is 4.98 Å². The first-order valence-electron chi connectivity index (χ1n) is 9.23. The third kappa shape index (κ3) is 4.18. The van der Waals surface area contributed by atoms with Gasteiger partial charge in [-0.2, -0.15) is 0 Å². The van der Waals surface area contributed by atoms with Crippen LogP contribution in [0.3, 0.4) is 0 Å². The Balaban J connectivity index is 1.44. The molecule has 0 bridgehead atoms. The molecule has 1 N–H and O–H groups in total. The number of pyridine rings is 1. The van der Waals surface area contributed by atoms with E-state index in [9.17, 15) is 0 Å². The van der Waals surface area contributed by atoms with Crippen molar-refractivity contribution in [2.45, 2.75) is 24.3 Å². The Morgan fingerprint density at radius 1 is 1.18 bits per heavy atom. The van der Waals surface area contributed by atoms with Gasteiger partial charge in [0.15, 0.2) is 16.7 Å². The van der Waals surface area contributed by atoms with Crippen molar-refractivity contribution in [1.29, 1.82) is 0 Å². The van der Waals surface area contributed by atoms with E-state index in [4.69, 9.17) is 18.9 Å². The van der Waals surface area contributed by atoms with E-state index >= 15 is 0 Å². The number of nitrogens with one attached hydrogen (secondary N) is 1. The van der Waals surface area contributed by atoms with Crippen LogP contribution in [0, 0.1) is 6.92 Å². The average Bonchev–Trinajstić information content (AvgIpc) is 3.11. The second kappa shape index (κ2) is 8.70. The highest BCUT2D eigenvalue weighted by atomic mass is 32.2. The number of thioether (sulfide) groups is 1. The number of nitrogens with zero attached hydrogens (tertiary/aromatic N) is 2. The van der Waals surface area contributed by atoms with Gasteiger partial charge >= 0.3 is 0 Å². The molecular formula is C20H23N3O4S. The molecule has 1 aliphatic heterocycles. The molecule has 0 aliphatic carbocycles. The van der Waals surface area contributed by atoms with Gasteiger partial charge in [0.1, 0.15) is 19.0 Å². The minimum Gasteiger partial charge on any atom is -0.493 e. The van der Waals surface area contributed by atoms with Gasteiger partial charge in [-0.15, -0.1) is 0 Å². The maximum absolute atomic E-state index is 5.86. The Morgan fingerprint density at radius 3 is 2.82 bits per heavy atom. The topological polar surface area (TPSA) is 78.5 Å². The molecule has 4 rings (SSSR count). The summed E-state index contributed by atoms with van der Waals surface area (Å²) in [5.74, 6) is 3.08. The van der Waals surface area contributed by atoms with E-state index in [0.717, 1.165) is 51.1 Å². The van der Waals surface area contributed by atoms with Crippen LogP contribution in [-0.4, -0.2) is 48.5 Å². The highest BCUT2D eigenvalue weighted by Crippen LogP contribution is 2.35. The highest BCUT2D eigenvalue weighted by Gasteiger charge is 2.15. The summed E-state index contributed by atoms with van der Waals surface area (Å²) >= 11 is 1.61. The first-order chi connectivity index (χ1) is 13.7. The third-order valence-electron chi connectivity index (χ3n) is 4.48. The molecule has 28 heavy (non-hydrogen) atoms. The molecule has 0 unspecified atom stereocenters. The molecule has 2 aromatic heterocycles. The normalized spacial score (nSPS) is 13.1. The molecule has 0 atom stereocenters. The smallest absolute Gasteiger partial charge is 0.166 e. The first kappa shape index (κ1) is 18.9. The number of ether oxygens (including phenoxy) is 4. The monoisotopic (exact) mass is 401 g/mol. The first-order valence-corrected chi connectivity index (χ1v) is 10.2. The van der Waals surface area contributed by atoms with Crippen molar-refractivity contribution in [3.63, 3.8) is 0 Å². The van der Waals surface area contributed by atoms with Crippen molar-refractivity contribution >= 4 is 22.8 Å². The van der Waals surface area contributed by atoms with Gasteiger partial charge in [0.05, 0.1) is 23.3 Å². The average molecular weight is 401 g/mol. The van der Waals surface area contributed by atoms with Crippen LogP contribution in [0.1, 0.15) is 17.7 Å². The SMILES string of the molecule is COCCCOc1ccnc(CSc2nc3cc4c(cc3[nH]2)OCCO4)c1C.